The van der Waals surface area contributed by atoms with Crippen LogP contribution in [0.3, 0.4) is 0 Å². The van der Waals surface area contributed by atoms with Crippen LogP contribution in [-0.2, 0) is 11.2 Å². The molecule has 0 spiro atoms. The number of amides is 3. The molecule has 0 saturated carbocycles. The number of phenols is 1. The molecule has 6 rings (SSSR count). The van der Waals surface area contributed by atoms with Gasteiger partial charge < -0.3 is 15.0 Å². The van der Waals surface area contributed by atoms with Gasteiger partial charge >= 0.3 is 6.03 Å². The molecule has 3 aliphatic heterocycles. The minimum atomic E-state index is -1.01. The molecule has 8 nitrogen and oxygen atoms in total. The molecule has 188 valence electrons. The zero-order valence-corrected chi connectivity index (χ0v) is 22.1. The fourth-order valence-electron chi connectivity index (χ4n) is 6.04. The van der Waals surface area contributed by atoms with Crippen molar-refractivity contribution in [2.24, 2.45) is 0 Å². The quantitative estimate of drug-likeness (QED) is 0.484. The van der Waals surface area contributed by atoms with E-state index in [1.807, 2.05) is 25.1 Å². The van der Waals surface area contributed by atoms with Crippen LogP contribution >= 0.6 is 15.9 Å². The number of carbonyl (C=O) groups excluding carboxylic acids is 2. The third kappa shape index (κ3) is 3.64. The number of nitrogens with one attached hydrogen (secondary N) is 1. The highest BCUT2D eigenvalue weighted by Gasteiger charge is 2.60. The topological polar surface area (TPSA) is 83.1 Å². The number of aromatic amines is 1. The predicted octanol–water partition coefficient (Wildman–Crippen LogP) is 3.55. The standard InChI is InChI=1S/C27H30BrN5O3/c1-27-16-21-20-15-18(28)6-7-22(20)29-23(21)24(17-4-3-5-19(34)14-17)33(27)26(36)32(25(27)35)13-12-31-10-8-30(2)9-11-31/h3-7,14-15,24,29,34H,8-13,16H2,1-2H3/t24-,27+/m1/s1. The van der Waals surface area contributed by atoms with Crippen LogP contribution in [0.15, 0.2) is 46.9 Å². The number of benzene rings is 2. The normalized spacial score (nSPS) is 25.0. The number of urea groups is 1. The SMILES string of the molecule is CN1CCN(CCN2C(=O)N3[C@H](c4cccc(O)c4)c4[nH]c5ccc(Br)cc5c4C[C@@]3(C)C2=O)CC1. The first-order valence-corrected chi connectivity index (χ1v) is 13.2. The van der Waals surface area contributed by atoms with Gasteiger partial charge in [-0.3, -0.25) is 19.5 Å². The van der Waals surface area contributed by atoms with E-state index in [0.29, 0.717) is 19.5 Å². The van der Waals surface area contributed by atoms with Crippen molar-refractivity contribution in [3.8, 4) is 5.75 Å². The van der Waals surface area contributed by atoms with E-state index >= 15 is 0 Å². The lowest BCUT2D eigenvalue weighted by atomic mass is 9.81. The first-order valence-electron chi connectivity index (χ1n) is 12.4. The van der Waals surface area contributed by atoms with Gasteiger partial charge in [-0.15, -0.1) is 0 Å². The minimum absolute atomic E-state index is 0.130. The molecule has 0 radical (unpaired) electrons. The minimum Gasteiger partial charge on any atom is -0.508 e. The van der Waals surface area contributed by atoms with Gasteiger partial charge in [-0.05, 0) is 55.4 Å². The predicted molar refractivity (Wildman–Crippen MR) is 141 cm³/mol. The number of H-pyrrole nitrogens is 1. The van der Waals surface area contributed by atoms with Crippen LogP contribution in [0.2, 0.25) is 0 Å². The Kier molecular flexibility index (Phi) is 5.62. The number of carbonyl (C=O) groups is 2. The van der Waals surface area contributed by atoms with Crippen LogP contribution < -0.4 is 0 Å². The summed E-state index contributed by atoms with van der Waals surface area (Å²) in [5.41, 5.74) is 2.66. The van der Waals surface area contributed by atoms with Gasteiger partial charge in [0, 0.05) is 66.8 Å². The maximum Gasteiger partial charge on any atom is 0.328 e. The highest BCUT2D eigenvalue weighted by atomic mass is 79.9. The monoisotopic (exact) mass is 551 g/mol. The Morgan fingerprint density at radius 2 is 1.86 bits per heavy atom. The highest BCUT2D eigenvalue weighted by Crippen LogP contribution is 2.49. The van der Waals surface area contributed by atoms with E-state index in [1.165, 1.54) is 4.90 Å². The summed E-state index contributed by atoms with van der Waals surface area (Å²) in [5.74, 6) is -0.0214. The van der Waals surface area contributed by atoms with Crippen LogP contribution in [0.1, 0.15) is 29.8 Å². The summed E-state index contributed by atoms with van der Waals surface area (Å²) in [4.78, 5) is 39.2. The zero-order chi connectivity index (χ0) is 25.2. The van der Waals surface area contributed by atoms with Gasteiger partial charge in [0.2, 0.25) is 0 Å². The summed E-state index contributed by atoms with van der Waals surface area (Å²) in [6.45, 7) is 6.79. The second-order valence-electron chi connectivity index (χ2n) is 10.4. The zero-order valence-electron chi connectivity index (χ0n) is 20.5. The number of imide groups is 1. The van der Waals surface area contributed by atoms with E-state index in [4.69, 9.17) is 0 Å². The van der Waals surface area contributed by atoms with Gasteiger partial charge in [0.25, 0.3) is 5.91 Å². The number of likely N-dealkylation sites (N-methyl/N-ethyl adjacent to an activating group) is 1. The van der Waals surface area contributed by atoms with Gasteiger partial charge in [0.05, 0.1) is 0 Å². The van der Waals surface area contributed by atoms with Crippen molar-refractivity contribution in [3.63, 3.8) is 0 Å². The number of nitrogens with zero attached hydrogens (tertiary/aromatic N) is 4. The fraction of sp³-hybridized carbons (Fsp3) is 0.407. The van der Waals surface area contributed by atoms with Gasteiger partial charge in [-0.25, -0.2) is 4.79 Å². The van der Waals surface area contributed by atoms with Gasteiger partial charge in [-0.1, -0.05) is 28.1 Å². The molecule has 3 aliphatic rings. The molecule has 2 N–H and O–H groups in total. The van der Waals surface area contributed by atoms with Crippen LogP contribution in [-0.4, -0.2) is 93.5 Å². The van der Waals surface area contributed by atoms with Crippen LogP contribution in [0, 0.1) is 0 Å². The first-order chi connectivity index (χ1) is 17.3. The van der Waals surface area contributed by atoms with Crippen LogP contribution in [0.5, 0.6) is 5.75 Å². The van der Waals surface area contributed by atoms with Crippen molar-refractivity contribution >= 4 is 38.8 Å². The molecule has 4 heterocycles. The Morgan fingerprint density at radius 1 is 1.08 bits per heavy atom. The number of hydrogen-bond acceptors (Lipinski definition) is 5. The molecule has 9 heteroatoms. The van der Waals surface area contributed by atoms with Gasteiger partial charge in [0.15, 0.2) is 0 Å². The summed E-state index contributed by atoms with van der Waals surface area (Å²) >= 11 is 3.58. The largest absolute Gasteiger partial charge is 0.508 e. The Balaban J connectivity index is 1.41. The van der Waals surface area contributed by atoms with Crippen molar-refractivity contribution in [2.75, 3.05) is 46.3 Å². The van der Waals surface area contributed by atoms with Gasteiger partial charge in [-0.2, -0.15) is 0 Å². The molecule has 3 aromatic rings. The number of hydrogen-bond donors (Lipinski definition) is 2. The number of phenolic OH excluding ortho intramolecular Hbond substituents is 1. The van der Waals surface area contributed by atoms with Crippen LogP contribution in [0.25, 0.3) is 10.9 Å². The Bertz CT molecular complexity index is 1360. The molecule has 2 aromatic carbocycles. The summed E-state index contributed by atoms with van der Waals surface area (Å²) in [6, 6.07) is 12.3. The van der Waals surface area contributed by atoms with Crippen molar-refractivity contribution in [3.05, 3.63) is 63.8 Å². The Labute approximate surface area is 218 Å². The molecule has 0 bridgehead atoms. The van der Waals surface area contributed by atoms with Crippen molar-refractivity contribution in [1.82, 2.24) is 24.6 Å². The molecule has 2 saturated heterocycles. The third-order valence-electron chi connectivity index (χ3n) is 8.05. The fourth-order valence-corrected chi connectivity index (χ4v) is 6.40. The molecule has 0 aliphatic carbocycles. The van der Waals surface area contributed by atoms with E-state index in [0.717, 1.165) is 58.4 Å². The van der Waals surface area contributed by atoms with E-state index in [-0.39, 0.29) is 17.7 Å². The summed E-state index contributed by atoms with van der Waals surface area (Å²) in [5, 5.41) is 11.3. The number of fused-ring (bicyclic) bond motifs is 4. The van der Waals surface area contributed by atoms with Crippen molar-refractivity contribution < 1.29 is 14.7 Å². The van der Waals surface area contributed by atoms with Crippen molar-refractivity contribution in [2.45, 2.75) is 24.9 Å². The molecule has 2 atom stereocenters. The second kappa shape index (κ2) is 8.61. The maximum atomic E-state index is 13.9. The number of aromatic nitrogens is 1. The average molecular weight is 552 g/mol. The Morgan fingerprint density at radius 3 is 2.61 bits per heavy atom. The maximum absolute atomic E-state index is 13.9. The molecule has 0 unspecified atom stereocenters. The first kappa shape index (κ1) is 23.5. The molecule has 3 amide bonds. The second-order valence-corrected chi connectivity index (χ2v) is 11.3. The third-order valence-corrected chi connectivity index (χ3v) is 8.54. The molecule has 1 aromatic heterocycles. The van der Waals surface area contributed by atoms with Crippen LogP contribution in [0.4, 0.5) is 4.79 Å². The summed E-state index contributed by atoms with van der Waals surface area (Å²) in [6.07, 6.45) is 0.434. The number of rotatable bonds is 4. The van der Waals surface area contributed by atoms with E-state index in [2.05, 4.69) is 43.8 Å². The van der Waals surface area contributed by atoms with E-state index in [9.17, 15) is 14.7 Å². The molecule has 2 fully saturated rings. The van der Waals surface area contributed by atoms with E-state index < -0.39 is 11.6 Å². The lowest BCUT2D eigenvalue weighted by Gasteiger charge is -2.42. The molecular weight excluding hydrogens is 522 g/mol. The highest BCUT2D eigenvalue weighted by molar-refractivity contribution is 9.10. The number of aromatic hydroxyl groups is 1. The van der Waals surface area contributed by atoms with Gasteiger partial charge in [0.1, 0.15) is 17.3 Å². The molecular formula is C27H30BrN5O3. The number of piperazine rings is 1. The van der Waals surface area contributed by atoms with Crippen molar-refractivity contribution in [1.29, 1.82) is 0 Å². The summed E-state index contributed by atoms with van der Waals surface area (Å²) in [7, 11) is 2.11. The lowest BCUT2D eigenvalue weighted by molar-refractivity contribution is -0.133. The number of halogens is 1. The summed E-state index contributed by atoms with van der Waals surface area (Å²) < 4.78 is 0.959. The Hall–Kier alpha value is -2.88. The lowest BCUT2D eigenvalue weighted by Crippen LogP contribution is -2.53. The van der Waals surface area contributed by atoms with E-state index in [1.54, 1.807) is 23.1 Å². The molecule has 36 heavy (non-hydrogen) atoms. The smallest absolute Gasteiger partial charge is 0.328 e. The average Bonchev–Trinajstić information content (AvgIpc) is 3.29.